The maximum absolute atomic E-state index is 13.6. The Morgan fingerprint density at radius 1 is 1.22 bits per heavy atom. The summed E-state index contributed by atoms with van der Waals surface area (Å²) in [5.74, 6) is 0.372. The summed E-state index contributed by atoms with van der Waals surface area (Å²) in [4.78, 5) is 21.9. The molecular formula is C25H27F3N6O2. The average Bonchev–Trinajstić information content (AvgIpc) is 3.62. The van der Waals surface area contributed by atoms with Gasteiger partial charge in [0.05, 0.1) is 29.3 Å². The van der Waals surface area contributed by atoms with E-state index in [2.05, 4.69) is 10.1 Å². The molecule has 0 bridgehead atoms. The number of nitrogens with two attached hydrogens (primary N) is 1. The van der Waals surface area contributed by atoms with E-state index in [0.29, 0.717) is 22.4 Å². The van der Waals surface area contributed by atoms with E-state index in [1.807, 2.05) is 36.1 Å². The number of amides is 2. The summed E-state index contributed by atoms with van der Waals surface area (Å²) in [7, 11) is 0. The molecule has 1 unspecified atom stereocenters. The molecule has 8 nitrogen and oxygen atoms in total. The number of alkyl halides is 3. The van der Waals surface area contributed by atoms with Crippen LogP contribution in [0.4, 0.5) is 23.7 Å². The Morgan fingerprint density at radius 2 is 1.97 bits per heavy atom. The van der Waals surface area contributed by atoms with Crippen LogP contribution in [-0.4, -0.2) is 43.7 Å². The van der Waals surface area contributed by atoms with E-state index < -0.39 is 12.6 Å². The Labute approximate surface area is 205 Å². The molecular weight excluding hydrogens is 473 g/mol. The lowest BCUT2D eigenvalue weighted by Crippen LogP contribution is -2.49. The van der Waals surface area contributed by atoms with Gasteiger partial charge >= 0.3 is 12.2 Å². The van der Waals surface area contributed by atoms with E-state index in [0.717, 1.165) is 24.1 Å². The van der Waals surface area contributed by atoms with E-state index in [4.69, 9.17) is 10.9 Å². The number of carbonyl (C=O) groups excluding carboxylic acids is 1. The quantitative estimate of drug-likeness (QED) is 0.203. The van der Waals surface area contributed by atoms with Crippen molar-refractivity contribution < 1.29 is 23.2 Å². The predicted molar refractivity (Wildman–Crippen MR) is 129 cm³/mol. The van der Waals surface area contributed by atoms with E-state index in [1.54, 1.807) is 27.7 Å². The van der Waals surface area contributed by atoms with Crippen LogP contribution in [0.3, 0.4) is 0 Å². The number of carbonyl (C=O) groups is 1. The van der Waals surface area contributed by atoms with Gasteiger partial charge in [-0.25, -0.2) is 9.78 Å². The molecule has 0 spiro atoms. The van der Waals surface area contributed by atoms with E-state index in [-0.39, 0.29) is 43.5 Å². The van der Waals surface area contributed by atoms with Crippen LogP contribution in [0.25, 0.3) is 11.0 Å². The first-order chi connectivity index (χ1) is 17.2. The number of halogens is 3. The summed E-state index contributed by atoms with van der Waals surface area (Å²) >= 11 is 0. The smallest absolute Gasteiger partial charge is 0.389 e. The normalized spacial score (nSPS) is 18.7. The number of hydrogen-bond acceptors (Lipinski definition) is 4. The fourth-order valence-corrected chi connectivity index (χ4v) is 4.97. The van der Waals surface area contributed by atoms with Crippen LogP contribution in [-0.2, 0) is 13.1 Å². The van der Waals surface area contributed by atoms with E-state index in [1.165, 1.54) is 0 Å². The van der Waals surface area contributed by atoms with Crippen LogP contribution in [0.15, 0.2) is 47.6 Å². The van der Waals surface area contributed by atoms with Crippen molar-refractivity contribution >= 4 is 28.6 Å². The molecule has 0 radical (unpaired) electrons. The second-order valence-electron chi connectivity index (χ2n) is 9.33. The Bertz CT molecular complexity index is 1330. The number of hydrogen-bond donors (Lipinski definition) is 2. The molecule has 2 amide bonds. The fourth-order valence-electron chi connectivity index (χ4n) is 4.97. The van der Waals surface area contributed by atoms with Crippen LogP contribution >= 0.6 is 0 Å². The first-order valence-electron chi connectivity index (χ1n) is 11.9. The maximum atomic E-state index is 13.6. The highest BCUT2D eigenvalue weighted by Gasteiger charge is 2.43. The van der Waals surface area contributed by atoms with Gasteiger partial charge in [0.15, 0.2) is 5.84 Å². The van der Waals surface area contributed by atoms with E-state index in [9.17, 15) is 18.0 Å². The molecule has 11 heteroatoms. The van der Waals surface area contributed by atoms with Gasteiger partial charge in [-0.1, -0.05) is 23.4 Å². The highest BCUT2D eigenvalue weighted by molar-refractivity contribution is 6.00. The molecule has 1 aliphatic heterocycles. The van der Waals surface area contributed by atoms with Crippen molar-refractivity contribution in [3.8, 4) is 0 Å². The minimum Gasteiger partial charge on any atom is -0.409 e. The molecule has 190 valence electrons. The Kier molecular flexibility index (Phi) is 6.01. The predicted octanol–water partition coefficient (Wildman–Crippen LogP) is 5.14. The molecule has 3 aromatic rings. The van der Waals surface area contributed by atoms with Gasteiger partial charge in [-0.3, -0.25) is 4.90 Å². The number of rotatable bonds is 7. The zero-order chi connectivity index (χ0) is 25.6. The number of amidine groups is 1. The van der Waals surface area contributed by atoms with Crippen molar-refractivity contribution in [1.82, 2.24) is 14.5 Å². The summed E-state index contributed by atoms with van der Waals surface area (Å²) in [5.41, 5.74) is 9.07. The van der Waals surface area contributed by atoms with Gasteiger partial charge in [0.2, 0.25) is 0 Å². The summed E-state index contributed by atoms with van der Waals surface area (Å²) in [6, 6.07) is 12.6. The molecule has 0 saturated heterocycles. The average molecular weight is 501 g/mol. The van der Waals surface area contributed by atoms with E-state index >= 15 is 0 Å². The Morgan fingerprint density at radius 3 is 2.67 bits per heavy atom. The first kappa shape index (κ1) is 24.0. The number of aromatic nitrogens is 2. The van der Waals surface area contributed by atoms with Crippen LogP contribution in [0, 0.1) is 0 Å². The zero-order valence-corrected chi connectivity index (χ0v) is 19.7. The fraction of sp³-hybridized carbons (Fsp3) is 0.400. The van der Waals surface area contributed by atoms with Gasteiger partial charge in [0, 0.05) is 24.6 Å². The summed E-state index contributed by atoms with van der Waals surface area (Å²) in [6.45, 7) is 2.21. The summed E-state index contributed by atoms with van der Waals surface area (Å²) in [6.07, 6.45) is -3.40. The third-order valence-corrected chi connectivity index (χ3v) is 6.86. The number of fused-ring (bicyclic) bond motifs is 2. The van der Waals surface area contributed by atoms with Crippen LogP contribution in [0.5, 0.6) is 0 Å². The van der Waals surface area contributed by atoms with Gasteiger partial charge in [-0.15, -0.1) is 0 Å². The molecule has 1 aromatic heterocycles. The molecule has 2 aliphatic rings. The number of imidazole rings is 1. The standard InChI is InChI=1S/C25H27F3N6O2/c1-15-18-5-2-3-6-20(18)33(24(35)34(15)17-8-9-17)14-22-30-19-13-16(23(29)31-36)7-10-21(19)32(22)12-4-11-25(26,27)28/h2-3,5-7,10,13,15,17,36H,4,8-9,11-12,14H2,1H3,(H2,29,31). The van der Waals surface area contributed by atoms with Crippen molar-refractivity contribution in [2.24, 2.45) is 10.9 Å². The SMILES string of the molecule is CC1c2ccccc2N(Cc2nc3cc(C(N)=NO)ccc3n2CCCC(F)(F)F)C(=O)N1C1CC1. The number of benzene rings is 2. The number of oxime groups is 1. The molecule has 3 N–H and O–H groups in total. The Balaban J connectivity index is 1.55. The van der Waals surface area contributed by atoms with Gasteiger partial charge in [0.1, 0.15) is 5.82 Å². The number of nitrogens with zero attached hydrogens (tertiary/aromatic N) is 5. The van der Waals surface area contributed by atoms with Crippen LogP contribution in [0.2, 0.25) is 0 Å². The monoisotopic (exact) mass is 500 g/mol. The second-order valence-corrected chi connectivity index (χ2v) is 9.33. The molecule has 36 heavy (non-hydrogen) atoms. The lowest BCUT2D eigenvalue weighted by molar-refractivity contribution is -0.135. The third-order valence-electron chi connectivity index (χ3n) is 6.86. The molecule has 2 aromatic carbocycles. The van der Waals surface area contributed by atoms with Gasteiger partial charge < -0.3 is 20.4 Å². The van der Waals surface area contributed by atoms with Crippen molar-refractivity contribution in [1.29, 1.82) is 0 Å². The molecule has 1 saturated carbocycles. The second kappa shape index (κ2) is 9.03. The van der Waals surface area contributed by atoms with Crippen molar-refractivity contribution in [2.45, 2.75) is 64.0 Å². The number of aryl methyl sites for hydroxylation is 1. The molecule has 1 atom stereocenters. The number of anilines is 1. The summed E-state index contributed by atoms with van der Waals surface area (Å²) < 4.78 is 40.4. The number of urea groups is 1. The maximum Gasteiger partial charge on any atom is 0.389 e. The Hall–Kier alpha value is -3.76. The molecule has 5 rings (SSSR count). The molecule has 1 aliphatic carbocycles. The topological polar surface area (TPSA) is 100.0 Å². The van der Waals surface area contributed by atoms with Crippen LogP contribution < -0.4 is 10.6 Å². The van der Waals surface area contributed by atoms with Crippen molar-refractivity contribution in [3.63, 3.8) is 0 Å². The highest BCUT2D eigenvalue weighted by Crippen LogP contribution is 2.43. The minimum atomic E-state index is -4.27. The highest BCUT2D eigenvalue weighted by atomic mass is 19.4. The summed E-state index contributed by atoms with van der Waals surface area (Å²) in [5, 5.41) is 12.0. The minimum absolute atomic E-state index is 0.0636. The molecule has 1 fully saturated rings. The lowest BCUT2D eigenvalue weighted by atomic mass is 10.0. The first-order valence-corrected chi connectivity index (χ1v) is 11.9. The van der Waals surface area contributed by atoms with Gasteiger partial charge in [0.25, 0.3) is 0 Å². The lowest BCUT2D eigenvalue weighted by Gasteiger charge is -2.41. The van der Waals surface area contributed by atoms with Crippen molar-refractivity contribution in [2.75, 3.05) is 4.90 Å². The zero-order valence-electron chi connectivity index (χ0n) is 19.7. The molecule has 2 heterocycles. The van der Waals surface area contributed by atoms with Crippen LogP contribution in [0.1, 0.15) is 55.6 Å². The van der Waals surface area contributed by atoms with Crippen molar-refractivity contribution in [3.05, 3.63) is 59.4 Å². The van der Waals surface area contributed by atoms with Gasteiger partial charge in [-0.05, 0) is 56.0 Å². The third kappa shape index (κ3) is 4.45. The number of para-hydroxylation sites is 1. The van der Waals surface area contributed by atoms with Gasteiger partial charge in [-0.2, -0.15) is 13.2 Å². The largest absolute Gasteiger partial charge is 0.409 e.